The Hall–Kier alpha value is -2.45. The number of ether oxygens (including phenoxy) is 1. The average molecular weight is 578 g/mol. The molecule has 210 valence electrons. The number of halogens is 3. The summed E-state index contributed by atoms with van der Waals surface area (Å²) in [5.74, 6) is -0.422. The van der Waals surface area contributed by atoms with E-state index >= 15 is 0 Å². The summed E-state index contributed by atoms with van der Waals surface area (Å²) in [4.78, 5) is 10.2. The average Bonchev–Trinajstić information content (AvgIpc) is 3.57. The molecule has 0 radical (unpaired) electrons. The fourth-order valence-electron chi connectivity index (χ4n) is 5.24. The molecule has 4 rings (SSSR count). The van der Waals surface area contributed by atoms with Crippen LogP contribution in [0.3, 0.4) is 0 Å². The van der Waals surface area contributed by atoms with E-state index in [1.165, 1.54) is 20.4 Å². The van der Waals surface area contributed by atoms with Crippen LogP contribution < -0.4 is 0 Å². The molecule has 1 heterocycles. The van der Waals surface area contributed by atoms with E-state index in [1.807, 2.05) is 0 Å². The molecule has 0 saturated heterocycles. The van der Waals surface area contributed by atoms with Crippen LogP contribution in [0.2, 0.25) is 0 Å². The van der Waals surface area contributed by atoms with Gasteiger partial charge in [-0.3, -0.25) is 9.48 Å². The van der Waals surface area contributed by atoms with Gasteiger partial charge >= 0.3 is 12.1 Å². The number of sulfonamides is 1. The highest BCUT2D eigenvalue weighted by atomic mass is 32.2. The Balaban J connectivity index is 1.72. The minimum atomic E-state index is -4.94. The molecule has 1 aromatic carbocycles. The molecule has 2 aromatic rings. The van der Waals surface area contributed by atoms with Gasteiger partial charge in [0.25, 0.3) is 0 Å². The normalized spacial score (nSPS) is 19.1. The lowest BCUT2D eigenvalue weighted by atomic mass is 9.93. The van der Waals surface area contributed by atoms with Crippen molar-refractivity contribution in [1.82, 2.24) is 14.1 Å². The van der Waals surface area contributed by atoms with Crippen LogP contribution in [0.4, 0.5) is 13.2 Å². The van der Waals surface area contributed by atoms with Gasteiger partial charge in [0.15, 0.2) is 9.84 Å². The fraction of sp³-hybridized carbons (Fsp3) is 0.583. The molecule has 2 aliphatic carbocycles. The predicted octanol–water partition coefficient (Wildman–Crippen LogP) is 3.88. The van der Waals surface area contributed by atoms with Gasteiger partial charge in [0.1, 0.15) is 0 Å². The van der Waals surface area contributed by atoms with Crippen LogP contribution in [0, 0.1) is 0 Å². The van der Waals surface area contributed by atoms with Crippen LogP contribution >= 0.6 is 0 Å². The maximum absolute atomic E-state index is 13.8. The van der Waals surface area contributed by atoms with Crippen LogP contribution in [0.5, 0.6) is 0 Å². The number of benzene rings is 1. The summed E-state index contributed by atoms with van der Waals surface area (Å²) >= 11 is 0. The van der Waals surface area contributed by atoms with E-state index in [0.717, 1.165) is 16.1 Å². The van der Waals surface area contributed by atoms with Crippen molar-refractivity contribution in [2.45, 2.75) is 85.2 Å². The number of rotatable bonds is 8. The Morgan fingerprint density at radius 1 is 1.08 bits per heavy atom. The SMILES string of the molecule is COC(=O)CCn1ncc2c1CCCC2N(C)S(=O)(=O)c1cc(C(F)(F)F)cc(S(=O)(=O)C2CCCC2)c1. The fourth-order valence-corrected chi connectivity index (χ4v) is 8.67. The van der Waals surface area contributed by atoms with Gasteiger partial charge in [-0.25, -0.2) is 16.8 Å². The lowest BCUT2D eigenvalue weighted by Crippen LogP contribution is -2.34. The van der Waals surface area contributed by atoms with Crippen molar-refractivity contribution in [3.63, 3.8) is 0 Å². The number of esters is 1. The number of carbonyl (C=O) groups excluding carboxylic acids is 1. The molecule has 0 N–H and O–H groups in total. The number of hydrogen-bond acceptors (Lipinski definition) is 7. The highest BCUT2D eigenvalue weighted by molar-refractivity contribution is 7.92. The van der Waals surface area contributed by atoms with Crippen molar-refractivity contribution in [2.24, 2.45) is 0 Å². The smallest absolute Gasteiger partial charge is 0.416 e. The van der Waals surface area contributed by atoms with Crippen molar-refractivity contribution in [2.75, 3.05) is 14.2 Å². The molecule has 0 amide bonds. The van der Waals surface area contributed by atoms with Crippen LogP contribution in [-0.4, -0.2) is 56.3 Å². The summed E-state index contributed by atoms with van der Waals surface area (Å²) in [5, 5.41) is 3.45. The molecule has 1 saturated carbocycles. The second kappa shape index (κ2) is 10.6. The lowest BCUT2D eigenvalue weighted by molar-refractivity contribution is -0.141. The Bertz CT molecular complexity index is 1410. The summed E-state index contributed by atoms with van der Waals surface area (Å²) in [5.41, 5.74) is 0.00206. The number of nitrogens with zero attached hydrogens (tertiary/aromatic N) is 3. The van der Waals surface area contributed by atoms with Crippen LogP contribution in [0.15, 0.2) is 34.2 Å². The number of sulfone groups is 1. The van der Waals surface area contributed by atoms with Crippen LogP contribution in [0.25, 0.3) is 0 Å². The lowest BCUT2D eigenvalue weighted by Gasteiger charge is -2.31. The molecule has 9 nitrogen and oxygen atoms in total. The van der Waals surface area contributed by atoms with Gasteiger partial charge in [0.05, 0.1) is 52.9 Å². The monoisotopic (exact) mass is 577 g/mol. The largest absolute Gasteiger partial charge is 0.469 e. The van der Waals surface area contributed by atoms with Gasteiger partial charge in [-0.05, 0) is 50.3 Å². The maximum atomic E-state index is 13.8. The van der Waals surface area contributed by atoms with E-state index in [0.29, 0.717) is 62.6 Å². The van der Waals surface area contributed by atoms with E-state index in [2.05, 4.69) is 9.84 Å². The number of methoxy groups -OCH3 is 1. The third-order valence-corrected chi connectivity index (χ3v) is 11.5. The van der Waals surface area contributed by atoms with Crippen molar-refractivity contribution >= 4 is 25.8 Å². The molecule has 0 bridgehead atoms. The van der Waals surface area contributed by atoms with Crippen molar-refractivity contribution in [1.29, 1.82) is 0 Å². The number of alkyl halides is 3. The first kappa shape index (κ1) is 28.6. The molecule has 2 aliphatic rings. The zero-order valence-corrected chi connectivity index (χ0v) is 22.7. The van der Waals surface area contributed by atoms with Gasteiger partial charge in [0.2, 0.25) is 10.0 Å². The first-order valence-corrected chi connectivity index (χ1v) is 15.3. The van der Waals surface area contributed by atoms with Crippen molar-refractivity contribution < 1.29 is 39.5 Å². The van der Waals surface area contributed by atoms with E-state index in [4.69, 9.17) is 0 Å². The Labute approximate surface area is 219 Å². The van der Waals surface area contributed by atoms with Gasteiger partial charge < -0.3 is 4.74 Å². The number of hydrogen-bond donors (Lipinski definition) is 0. The molecular weight excluding hydrogens is 547 g/mol. The summed E-state index contributed by atoms with van der Waals surface area (Å²) in [7, 11) is -6.14. The summed E-state index contributed by atoms with van der Waals surface area (Å²) in [6.07, 6.45) is 0.162. The quantitative estimate of drug-likeness (QED) is 0.437. The Kier molecular flexibility index (Phi) is 7.97. The molecule has 1 unspecified atom stereocenters. The van der Waals surface area contributed by atoms with Gasteiger partial charge in [-0.1, -0.05) is 12.8 Å². The van der Waals surface area contributed by atoms with E-state index in [1.54, 1.807) is 4.68 Å². The maximum Gasteiger partial charge on any atom is 0.416 e. The number of fused-ring (bicyclic) bond motifs is 1. The molecule has 0 spiro atoms. The Morgan fingerprint density at radius 3 is 2.37 bits per heavy atom. The van der Waals surface area contributed by atoms with Crippen molar-refractivity contribution in [3.05, 3.63) is 41.2 Å². The van der Waals surface area contributed by atoms with Crippen molar-refractivity contribution in [3.8, 4) is 0 Å². The second-order valence-electron chi connectivity index (χ2n) is 9.67. The summed E-state index contributed by atoms with van der Waals surface area (Å²) in [6, 6.07) is 1.14. The second-order valence-corrected chi connectivity index (χ2v) is 13.9. The molecule has 14 heteroatoms. The highest BCUT2D eigenvalue weighted by Crippen LogP contribution is 2.40. The molecule has 1 fully saturated rings. The highest BCUT2D eigenvalue weighted by Gasteiger charge is 2.39. The van der Waals surface area contributed by atoms with Crippen LogP contribution in [0.1, 0.15) is 67.8 Å². The first-order valence-electron chi connectivity index (χ1n) is 12.3. The molecule has 0 aliphatic heterocycles. The third-order valence-electron chi connectivity index (χ3n) is 7.38. The minimum absolute atomic E-state index is 0.0753. The standard InChI is InChI=1S/C24H30F3N3O6S2/c1-29(21-8-5-9-22-20(21)15-28-30(22)11-10-23(31)36-2)38(34,35)19-13-16(24(25,26)27)12-18(14-19)37(32,33)17-6-3-4-7-17/h12-15,17,21H,3-11H2,1-2H3. The molecule has 1 atom stereocenters. The predicted molar refractivity (Wildman–Crippen MR) is 130 cm³/mol. The summed E-state index contributed by atoms with van der Waals surface area (Å²) < 4.78 is 102. The zero-order valence-electron chi connectivity index (χ0n) is 21.1. The van der Waals surface area contributed by atoms with Gasteiger partial charge in [-0.2, -0.15) is 22.6 Å². The van der Waals surface area contributed by atoms with E-state index in [-0.39, 0.29) is 13.0 Å². The summed E-state index contributed by atoms with van der Waals surface area (Å²) in [6.45, 7) is 0.237. The van der Waals surface area contributed by atoms with Gasteiger partial charge in [-0.15, -0.1) is 0 Å². The van der Waals surface area contributed by atoms with E-state index in [9.17, 15) is 34.8 Å². The zero-order chi connectivity index (χ0) is 27.9. The van der Waals surface area contributed by atoms with E-state index < -0.39 is 58.7 Å². The number of aryl methyl sites for hydroxylation is 1. The van der Waals surface area contributed by atoms with Gasteiger partial charge in [0, 0.05) is 18.3 Å². The molecular formula is C24H30F3N3O6S2. The third kappa shape index (κ3) is 5.48. The first-order chi connectivity index (χ1) is 17.8. The van der Waals surface area contributed by atoms with Crippen LogP contribution in [-0.2, 0) is 48.5 Å². The number of aromatic nitrogens is 2. The molecule has 38 heavy (non-hydrogen) atoms. The minimum Gasteiger partial charge on any atom is -0.469 e. The Morgan fingerprint density at radius 2 is 1.74 bits per heavy atom. The molecule has 1 aromatic heterocycles. The topological polar surface area (TPSA) is 116 Å². The number of carbonyl (C=O) groups is 1.